The predicted octanol–water partition coefficient (Wildman–Crippen LogP) is 5.04. The number of rotatable bonds is 1. The molecule has 0 aromatic heterocycles. The summed E-state index contributed by atoms with van der Waals surface area (Å²) < 4.78 is 5.31. The van der Waals surface area contributed by atoms with Gasteiger partial charge in [0.1, 0.15) is 0 Å². The lowest BCUT2D eigenvalue weighted by Gasteiger charge is -2.56. The van der Waals surface area contributed by atoms with Gasteiger partial charge in [-0.25, -0.2) is 0 Å². The molecular formula is C20H28O2. The zero-order valence-corrected chi connectivity index (χ0v) is 14.1. The van der Waals surface area contributed by atoms with E-state index in [1.54, 1.807) is 7.11 Å². The molecule has 1 aromatic rings. The highest BCUT2D eigenvalue weighted by Crippen LogP contribution is 2.67. The molecule has 0 spiro atoms. The van der Waals surface area contributed by atoms with Crippen LogP contribution in [0.5, 0.6) is 11.5 Å². The van der Waals surface area contributed by atoms with Crippen molar-refractivity contribution in [1.82, 2.24) is 0 Å². The van der Waals surface area contributed by atoms with Crippen molar-refractivity contribution in [3.05, 3.63) is 23.3 Å². The van der Waals surface area contributed by atoms with E-state index in [1.165, 1.54) is 49.7 Å². The number of benzene rings is 1. The standard InChI is InChI=1S/C20H28O2/c1-19-8-4-5-18(19)20(2)10-6-13-11-17(22-3)16(21)12-14(13)15(20)7-9-19/h11-12,15,18,21H,4-10H2,1-3H3/t15-,18-,19+,20-/m1/s1. The minimum atomic E-state index is 0.310. The summed E-state index contributed by atoms with van der Waals surface area (Å²) in [5, 5.41) is 10.3. The van der Waals surface area contributed by atoms with Gasteiger partial charge >= 0.3 is 0 Å². The minimum Gasteiger partial charge on any atom is -0.504 e. The first kappa shape index (κ1) is 14.4. The SMILES string of the molecule is COc1cc2c(cc1O)[C@H]1CC[C@]3(C)CCC[C@H]3[C@]1(C)CC2. The van der Waals surface area contributed by atoms with Crippen molar-refractivity contribution in [2.45, 2.75) is 64.7 Å². The number of ether oxygens (including phenoxy) is 1. The number of methoxy groups -OCH3 is 1. The second kappa shape index (κ2) is 4.66. The van der Waals surface area contributed by atoms with Gasteiger partial charge in [0, 0.05) is 0 Å². The Morgan fingerprint density at radius 2 is 1.95 bits per heavy atom. The van der Waals surface area contributed by atoms with Crippen LogP contribution in [0.15, 0.2) is 12.1 Å². The third kappa shape index (κ3) is 1.79. The largest absolute Gasteiger partial charge is 0.504 e. The number of fused-ring (bicyclic) bond motifs is 5. The van der Waals surface area contributed by atoms with E-state index < -0.39 is 0 Å². The lowest BCUT2D eigenvalue weighted by atomic mass is 9.48. The van der Waals surface area contributed by atoms with Crippen molar-refractivity contribution in [2.75, 3.05) is 7.11 Å². The van der Waals surface area contributed by atoms with E-state index in [2.05, 4.69) is 19.9 Å². The quantitative estimate of drug-likeness (QED) is 0.787. The molecule has 3 aliphatic carbocycles. The van der Waals surface area contributed by atoms with Crippen molar-refractivity contribution >= 4 is 0 Å². The van der Waals surface area contributed by atoms with Crippen LogP contribution in [0.4, 0.5) is 0 Å². The Bertz CT molecular complexity index is 608. The molecule has 0 amide bonds. The molecule has 4 rings (SSSR count). The summed E-state index contributed by atoms with van der Waals surface area (Å²) in [6.07, 6.45) is 9.28. The van der Waals surface area contributed by atoms with Gasteiger partial charge < -0.3 is 9.84 Å². The van der Waals surface area contributed by atoms with E-state index in [1.807, 2.05) is 6.07 Å². The number of aromatic hydroxyl groups is 1. The summed E-state index contributed by atoms with van der Waals surface area (Å²) in [5.41, 5.74) is 3.79. The molecule has 2 heteroatoms. The highest BCUT2D eigenvalue weighted by Gasteiger charge is 2.56. The van der Waals surface area contributed by atoms with Gasteiger partial charge in [0.2, 0.25) is 0 Å². The maximum absolute atomic E-state index is 10.3. The summed E-state index contributed by atoms with van der Waals surface area (Å²) in [6.45, 7) is 5.07. The molecule has 2 nitrogen and oxygen atoms in total. The summed E-state index contributed by atoms with van der Waals surface area (Å²) in [7, 11) is 1.64. The molecule has 0 aliphatic heterocycles. The highest BCUT2D eigenvalue weighted by atomic mass is 16.5. The number of phenols is 1. The van der Waals surface area contributed by atoms with Crippen LogP contribution in [0.3, 0.4) is 0 Å². The summed E-state index contributed by atoms with van der Waals surface area (Å²) in [5.74, 6) is 2.41. The van der Waals surface area contributed by atoms with Crippen molar-refractivity contribution < 1.29 is 9.84 Å². The average molecular weight is 300 g/mol. The van der Waals surface area contributed by atoms with Gasteiger partial charge in [-0.05, 0) is 84.5 Å². The van der Waals surface area contributed by atoms with Crippen molar-refractivity contribution in [2.24, 2.45) is 16.7 Å². The topological polar surface area (TPSA) is 29.5 Å². The van der Waals surface area contributed by atoms with Crippen molar-refractivity contribution in [3.8, 4) is 11.5 Å². The zero-order chi connectivity index (χ0) is 15.5. The number of hydrogen-bond donors (Lipinski definition) is 1. The fourth-order valence-electron chi connectivity index (χ4n) is 6.30. The zero-order valence-electron chi connectivity index (χ0n) is 14.1. The van der Waals surface area contributed by atoms with Gasteiger partial charge in [-0.1, -0.05) is 20.3 Å². The normalized spacial score (nSPS) is 39.8. The molecular weight excluding hydrogens is 272 g/mol. The molecule has 0 saturated heterocycles. The Balaban J connectivity index is 1.79. The fraction of sp³-hybridized carbons (Fsp3) is 0.700. The van der Waals surface area contributed by atoms with Crippen LogP contribution in [0.25, 0.3) is 0 Å². The van der Waals surface area contributed by atoms with Crippen LogP contribution < -0.4 is 4.74 Å². The first-order valence-electron chi connectivity index (χ1n) is 8.88. The van der Waals surface area contributed by atoms with Gasteiger partial charge in [0.05, 0.1) is 7.11 Å². The average Bonchev–Trinajstić information content (AvgIpc) is 2.89. The molecule has 1 N–H and O–H groups in total. The molecule has 0 heterocycles. The first-order chi connectivity index (χ1) is 10.5. The van der Waals surface area contributed by atoms with Crippen LogP contribution in [0, 0.1) is 16.7 Å². The van der Waals surface area contributed by atoms with E-state index in [-0.39, 0.29) is 0 Å². The Morgan fingerprint density at radius 1 is 1.14 bits per heavy atom. The molecule has 22 heavy (non-hydrogen) atoms. The molecule has 2 fully saturated rings. The molecule has 3 aliphatic rings. The monoisotopic (exact) mass is 300 g/mol. The molecule has 0 bridgehead atoms. The summed E-state index contributed by atoms with van der Waals surface area (Å²) >= 11 is 0. The van der Waals surface area contributed by atoms with E-state index in [9.17, 15) is 5.11 Å². The first-order valence-corrected chi connectivity index (χ1v) is 8.88. The van der Waals surface area contributed by atoms with Crippen LogP contribution in [0.2, 0.25) is 0 Å². The van der Waals surface area contributed by atoms with Crippen LogP contribution in [-0.2, 0) is 6.42 Å². The molecule has 120 valence electrons. The summed E-state index contributed by atoms with van der Waals surface area (Å²) in [6, 6.07) is 4.08. The number of aryl methyl sites for hydroxylation is 1. The van der Waals surface area contributed by atoms with Gasteiger partial charge in [-0.3, -0.25) is 0 Å². The van der Waals surface area contributed by atoms with E-state index in [0.717, 1.165) is 12.3 Å². The van der Waals surface area contributed by atoms with Gasteiger partial charge in [-0.2, -0.15) is 0 Å². The van der Waals surface area contributed by atoms with Crippen LogP contribution >= 0.6 is 0 Å². The van der Waals surface area contributed by atoms with Gasteiger partial charge in [0.25, 0.3) is 0 Å². The third-order valence-electron chi connectivity index (χ3n) is 7.43. The second-order valence-electron chi connectivity index (χ2n) is 8.42. The Morgan fingerprint density at radius 3 is 2.73 bits per heavy atom. The maximum Gasteiger partial charge on any atom is 0.160 e. The summed E-state index contributed by atoms with van der Waals surface area (Å²) in [4.78, 5) is 0. The van der Waals surface area contributed by atoms with E-state index in [4.69, 9.17) is 4.74 Å². The third-order valence-corrected chi connectivity index (χ3v) is 7.43. The Kier molecular flexibility index (Phi) is 3.05. The number of hydrogen-bond acceptors (Lipinski definition) is 2. The highest BCUT2D eigenvalue weighted by molar-refractivity contribution is 5.50. The lowest BCUT2D eigenvalue weighted by Crippen LogP contribution is -2.47. The number of phenolic OH excluding ortho intramolecular Hbond substituents is 1. The van der Waals surface area contributed by atoms with Crippen LogP contribution in [0.1, 0.15) is 69.4 Å². The van der Waals surface area contributed by atoms with E-state index >= 15 is 0 Å². The smallest absolute Gasteiger partial charge is 0.160 e. The van der Waals surface area contributed by atoms with Gasteiger partial charge in [0.15, 0.2) is 11.5 Å². The van der Waals surface area contributed by atoms with Crippen LogP contribution in [-0.4, -0.2) is 12.2 Å². The molecule has 4 atom stereocenters. The molecule has 1 aromatic carbocycles. The van der Waals surface area contributed by atoms with E-state index in [0.29, 0.717) is 28.2 Å². The maximum atomic E-state index is 10.3. The molecule has 0 unspecified atom stereocenters. The van der Waals surface area contributed by atoms with Crippen molar-refractivity contribution in [1.29, 1.82) is 0 Å². The predicted molar refractivity (Wildman–Crippen MR) is 88.5 cm³/mol. The van der Waals surface area contributed by atoms with Gasteiger partial charge in [-0.15, -0.1) is 0 Å². The van der Waals surface area contributed by atoms with Crippen molar-refractivity contribution in [3.63, 3.8) is 0 Å². The Hall–Kier alpha value is -1.18. The fourth-order valence-corrected chi connectivity index (χ4v) is 6.30. The minimum absolute atomic E-state index is 0.310. The lowest BCUT2D eigenvalue weighted by molar-refractivity contribution is -0.0179. The Labute approximate surface area is 133 Å². The second-order valence-corrected chi connectivity index (χ2v) is 8.42. The molecule has 0 radical (unpaired) electrons. The molecule has 2 saturated carbocycles.